The van der Waals surface area contributed by atoms with E-state index in [1.54, 1.807) is 13.3 Å². The lowest BCUT2D eigenvalue weighted by molar-refractivity contribution is -0.185. The smallest absolute Gasteiger partial charge is 0.242 e. The van der Waals surface area contributed by atoms with E-state index in [0.29, 0.717) is 0 Å². The third-order valence-corrected chi connectivity index (χ3v) is 6.55. The second kappa shape index (κ2) is 6.09. The minimum Gasteiger partial charge on any atom is -0.497 e. The lowest BCUT2D eigenvalue weighted by atomic mass is 9.73. The van der Waals surface area contributed by atoms with Gasteiger partial charge in [0.25, 0.3) is 0 Å². The minimum atomic E-state index is -1.42. The van der Waals surface area contributed by atoms with Gasteiger partial charge in [-0.05, 0) is 42.7 Å². The molecule has 0 N–H and O–H groups in total. The van der Waals surface area contributed by atoms with Gasteiger partial charge in [0.15, 0.2) is 11.6 Å². The first-order chi connectivity index (χ1) is 13.5. The molecule has 6 rings (SSSR count). The third-order valence-electron chi connectivity index (χ3n) is 6.55. The molecule has 0 saturated carbocycles. The summed E-state index contributed by atoms with van der Waals surface area (Å²) in [4.78, 5) is 32.9. The highest BCUT2D eigenvalue weighted by molar-refractivity contribution is 6.13. The van der Waals surface area contributed by atoms with Crippen LogP contribution in [0.4, 0.5) is 0 Å². The Morgan fingerprint density at radius 3 is 2.93 bits per heavy atom. The van der Waals surface area contributed by atoms with Crippen LogP contribution in [0.5, 0.6) is 5.75 Å². The fourth-order valence-corrected chi connectivity index (χ4v) is 5.22. The average Bonchev–Trinajstić information content (AvgIpc) is 3.02. The molecule has 6 heteroatoms. The lowest BCUT2D eigenvalue weighted by Gasteiger charge is -2.48. The number of rotatable bonds is 4. The van der Waals surface area contributed by atoms with Crippen molar-refractivity contribution in [1.82, 2.24) is 9.88 Å². The van der Waals surface area contributed by atoms with Gasteiger partial charge < -0.3 is 9.47 Å². The van der Waals surface area contributed by atoms with Crippen LogP contribution in [0.25, 0.3) is 10.9 Å². The van der Waals surface area contributed by atoms with Crippen LogP contribution in [0.3, 0.4) is 0 Å². The molecule has 4 saturated heterocycles. The highest BCUT2D eigenvalue weighted by atomic mass is 16.6. The number of ether oxygens (including phenoxy) is 2. The van der Waals surface area contributed by atoms with Crippen molar-refractivity contribution in [2.45, 2.75) is 44.6 Å². The van der Waals surface area contributed by atoms with Crippen LogP contribution in [0.2, 0.25) is 0 Å². The molecular weight excluding hydrogens is 356 g/mol. The SMILES string of the molecule is COc1ccc2nccc([C@@H]3O[C@]4(C(=O)C(C)C)C(=O)[C@H]5CCN4[C@@H]3C5)c2c1. The van der Waals surface area contributed by atoms with Crippen LogP contribution in [-0.2, 0) is 14.3 Å². The Bertz CT molecular complexity index is 978. The highest BCUT2D eigenvalue weighted by Gasteiger charge is 2.69. The summed E-state index contributed by atoms with van der Waals surface area (Å²) < 4.78 is 11.9. The van der Waals surface area contributed by atoms with Gasteiger partial charge in [0, 0.05) is 36.0 Å². The Hall–Kier alpha value is -2.31. The maximum absolute atomic E-state index is 13.2. The number of hydrogen-bond donors (Lipinski definition) is 0. The number of carbonyl (C=O) groups excluding carboxylic acids is 2. The monoisotopic (exact) mass is 380 g/mol. The van der Waals surface area contributed by atoms with Gasteiger partial charge in [0.2, 0.25) is 5.72 Å². The number of fused-ring (bicyclic) bond motifs is 2. The molecule has 1 aromatic heterocycles. The fraction of sp³-hybridized carbons (Fsp3) is 0.500. The first kappa shape index (κ1) is 17.8. The zero-order valence-corrected chi connectivity index (χ0v) is 16.3. The van der Waals surface area contributed by atoms with E-state index in [1.807, 2.05) is 43.0 Å². The Kier molecular flexibility index (Phi) is 3.87. The number of nitrogens with zero attached hydrogens (tertiary/aromatic N) is 2. The molecule has 1 unspecified atom stereocenters. The fourth-order valence-electron chi connectivity index (χ4n) is 5.22. The van der Waals surface area contributed by atoms with E-state index in [2.05, 4.69) is 4.98 Å². The van der Waals surface area contributed by atoms with E-state index in [9.17, 15) is 9.59 Å². The molecule has 4 aliphatic heterocycles. The third kappa shape index (κ3) is 2.19. The van der Waals surface area contributed by atoms with Crippen molar-refractivity contribution in [3.05, 3.63) is 36.0 Å². The first-order valence-corrected chi connectivity index (χ1v) is 9.93. The van der Waals surface area contributed by atoms with E-state index < -0.39 is 5.72 Å². The van der Waals surface area contributed by atoms with Crippen LogP contribution in [0.15, 0.2) is 30.5 Å². The molecule has 0 radical (unpaired) electrons. The van der Waals surface area contributed by atoms with Gasteiger partial charge in [0.05, 0.1) is 12.6 Å². The summed E-state index contributed by atoms with van der Waals surface area (Å²) >= 11 is 0. The predicted molar refractivity (Wildman–Crippen MR) is 103 cm³/mol. The first-order valence-electron chi connectivity index (χ1n) is 9.93. The maximum atomic E-state index is 13.2. The molecule has 1 aromatic carbocycles. The number of pyridine rings is 1. The number of piperidine rings is 3. The van der Waals surface area contributed by atoms with Gasteiger partial charge in [-0.2, -0.15) is 0 Å². The highest BCUT2D eigenvalue weighted by Crippen LogP contribution is 2.54. The van der Waals surface area contributed by atoms with Crippen LogP contribution in [0, 0.1) is 11.8 Å². The second-order valence-corrected chi connectivity index (χ2v) is 8.33. The van der Waals surface area contributed by atoms with Crippen molar-refractivity contribution in [2.75, 3.05) is 13.7 Å². The normalized spacial score (nSPS) is 33.6. The quantitative estimate of drug-likeness (QED) is 0.760. The summed E-state index contributed by atoms with van der Waals surface area (Å²) in [6.45, 7) is 4.40. The molecule has 0 amide bonds. The van der Waals surface area contributed by atoms with E-state index >= 15 is 0 Å². The maximum Gasteiger partial charge on any atom is 0.242 e. The van der Waals surface area contributed by atoms with Gasteiger partial charge in [-0.3, -0.25) is 19.5 Å². The topological polar surface area (TPSA) is 68.7 Å². The van der Waals surface area contributed by atoms with Crippen molar-refractivity contribution in [1.29, 1.82) is 0 Å². The Morgan fingerprint density at radius 2 is 2.18 bits per heavy atom. The second-order valence-electron chi connectivity index (χ2n) is 8.33. The molecule has 146 valence electrons. The largest absolute Gasteiger partial charge is 0.497 e. The number of benzene rings is 1. The van der Waals surface area contributed by atoms with Crippen LogP contribution >= 0.6 is 0 Å². The molecular formula is C22H24N2O4. The van der Waals surface area contributed by atoms with Gasteiger partial charge in [0.1, 0.15) is 11.9 Å². The standard InChI is InChI=1S/C22H24N2O4/c1-12(2)20(25)22-21(26)13-7-9-24(22)18(10-13)19(28-22)15-6-8-23-17-5-4-14(27-3)11-16(15)17/h4-6,8,11-13,18-19H,7,9-10H2,1-3H3/t13-,18+,19-,22+/m0/s1. The number of methoxy groups -OCH3 is 1. The van der Waals surface area contributed by atoms with Gasteiger partial charge in [-0.1, -0.05) is 13.8 Å². The molecule has 5 heterocycles. The Morgan fingerprint density at radius 1 is 1.36 bits per heavy atom. The van der Waals surface area contributed by atoms with Crippen LogP contribution < -0.4 is 4.74 Å². The molecule has 28 heavy (non-hydrogen) atoms. The van der Waals surface area contributed by atoms with E-state index in [-0.39, 0.29) is 35.5 Å². The lowest BCUT2D eigenvalue weighted by Crippen LogP contribution is -2.68. The summed E-state index contributed by atoms with van der Waals surface area (Å²) in [5.41, 5.74) is 0.394. The summed E-state index contributed by atoms with van der Waals surface area (Å²) in [5, 5.41) is 0.941. The molecule has 4 aliphatic rings. The average molecular weight is 380 g/mol. The number of aromatic nitrogens is 1. The van der Waals surface area contributed by atoms with E-state index in [4.69, 9.17) is 9.47 Å². The van der Waals surface area contributed by atoms with E-state index in [0.717, 1.165) is 41.6 Å². The van der Waals surface area contributed by atoms with Crippen molar-refractivity contribution in [3.8, 4) is 5.75 Å². The summed E-state index contributed by atoms with van der Waals surface area (Å²) in [7, 11) is 1.63. The van der Waals surface area contributed by atoms with Crippen LogP contribution in [-0.4, -0.2) is 46.9 Å². The molecule has 2 aromatic rings. The Labute approximate surface area is 163 Å². The predicted octanol–water partition coefficient (Wildman–Crippen LogP) is 2.90. The zero-order valence-electron chi connectivity index (χ0n) is 16.3. The van der Waals surface area contributed by atoms with Crippen molar-refractivity contribution in [2.24, 2.45) is 11.8 Å². The zero-order chi connectivity index (χ0) is 19.6. The summed E-state index contributed by atoms with van der Waals surface area (Å²) in [6, 6.07) is 7.73. The summed E-state index contributed by atoms with van der Waals surface area (Å²) in [6.07, 6.45) is 2.98. The minimum absolute atomic E-state index is 0.0240. The molecule has 0 aliphatic carbocycles. The summed E-state index contributed by atoms with van der Waals surface area (Å²) in [5.74, 6) is 0.216. The van der Waals surface area contributed by atoms with Crippen LogP contribution in [0.1, 0.15) is 38.4 Å². The van der Waals surface area contributed by atoms with Gasteiger partial charge in [-0.15, -0.1) is 0 Å². The molecule has 6 nitrogen and oxygen atoms in total. The Balaban J connectivity index is 1.67. The van der Waals surface area contributed by atoms with E-state index in [1.165, 1.54) is 0 Å². The molecule has 4 bridgehead atoms. The number of carbonyl (C=O) groups is 2. The van der Waals surface area contributed by atoms with Crippen molar-refractivity contribution < 1.29 is 19.1 Å². The molecule has 5 atom stereocenters. The molecule has 4 fully saturated rings. The van der Waals surface area contributed by atoms with Crippen molar-refractivity contribution >= 4 is 22.5 Å². The van der Waals surface area contributed by atoms with Crippen molar-refractivity contribution in [3.63, 3.8) is 0 Å². The van der Waals surface area contributed by atoms with Gasteiger partial charge >= 0.3 is 0 Å². The number of ketones is 2. The molecule has 0 spiro atoms. The van der Waals surface area contributed by atoms with Gasteiger partial charge in [-0.25, -0.2) is 0 Å². The number of hydrogen-bond acceptors (Lipinski definition) is 6. The number of Topliss-reactive ketones (excluding diaryl/α,β-unsaturated/α-hetero) is 2.